The van der Waals surface area contributed by atoms with Crippen LogP contribution in [0.15, 0.2) is 0 Å². The summed E-state index contributed by atoms with van der Waals surface area (Å²) < 4.78 is 0. The maximum atomic E-state index is 12.2. The Labute approximate surface area is 152 Å². The number of aliphatic hydroxyl groups is 2. The molecule has 0 saturated carbocycles. The number of nitrogens with one attached hydrogen (secondary N) is 2. The molecule has 0 bridgehead atoms. The predicted molar refractivity (Wildman–Crippen MR) is 99.0 cm³/mol. The fourth-order valence-electron chi connectivity index (χ4n) is 2.35. The molecule has 0 aromatic heterocycles. The summed E-state index contributed by atoms with van der Waals surface area (Å²) in [5.74, 6) is -0.598. The van der Waals surface area contributed by atoms with E-state index < -0.39 is 24.2 Å². The molecule has 4 N–H and O–H groups in total. The molecule has 0 aromatic rings. The van der Waals surface area contributed by atoms with Gasteiger partial charge in [0.25, 0.3) is 0 Å². The highest BCUT2D eigenvalue weighted by molar-refractivity contribution is 5.81. The highest BCUT2D eigenvalue weighted by Gasteiger charge is 2.25. The second-order valence-electron chi connectivity index (χ2n) is 7.53. The Hall–Kier alpha value is -1.18. The van der Waals surface area contributed by atoms with Gasteiger partial charge in [-0.1, -0.05) is 20.8 Å². The third kappa shape index (κ3) is 9.18. The summed E-state index contributed by atoms with van der Waals surface area (Å²) >= 11 is 0. The van der Waals surface area contributed by atoms with E-state index in [2.05, 4.69) is 22.5 Å². The van der Waals surface area contributed by atoms with Crippen LogP contribution in [0.4, 0.5) is 0 Å². The van der Waals surface area contributed by atoms with Crippen molar-refractivity contribution in [1.29, 1.82) is 0 Å². The minimum absolute atomic E-state index is 0.0528. The highest BCUT2D eigenvalue weighted by Crippen LogP contribution is 2.15. The van der Waals surface area contributed by atoms with Crippen LogP contribution in [0, 0.1) is 17.8 Å². The Morgan fingerprint density at radius 1 is 1.00 bits per heavy atom. The van der Waals surface area contributed by atoms with Gasteiger partial charge in [0.15, 0.2) is 0 Å². The Morgan fingerprint density at radius 2 is 1.56 bits per heavy atom. The molecule has 148 valence electrons. The van der Waals surface area contributed by atoms with Gasteiger partial charge in [-0.3, -0.25) is 9.59 Å². The Balaban J connectivity index is 4.32. The summed E-state index contributed by atoms with van der Waals surface area (Å²) in [5.41, 5.74) is 0. The van der Waals surface area contributed by atoms with Crippen LogP contribution in [0.25, 0.3) is 0 Å². The number of hydrogen-bond acceptors (Lipinski definition) is 5. The van der Waals surface area contributed by atoms with E-state index >= 15 is 0 Å². The summed E-state index contributed by atoms with van der Waals surface area (Å²) in [6.45, 7) is 9.96. The van der Waals surface area contributed by atoms with Gasteiger partial charge in [-0.05, 0) is 46.8 Å². The van der Waals surface area contributed by atoms with E-state index in [0.717, 1.165) is 13.0 Å². The number of amides is 2. The molecular weight excluding hydrogens is 322 g/mol. The SMILES string of the molecule is CC(CNC(=O)C(C)C(C)CCN(C)C)C(=O)NC(C)C(O)C(C)O. The second kappa shape index (κ2) is 11.4. The van der Waals surface area contributed by atoms with Crippen molar-refractivity contribution in [2.45, 2.75) is 59.3 Å². The van der Waals surface area contributed by atoms with Crippen LogP contribution in [0.3, 0.4) is 0 Å². The lowest BCUT2D eigenvalue weighted by Crippen LogP contribution is -2.49. The molecule has 0 aromatic carbocycles. The van der Waals surface area contributed by atoms with Crippen molar-refractivity contribution < 1.29 is 19.8 Å². The number of carbonyl (C=O) groups excluding carboxylic acids is 2. The van der Waals surface area contributed by atoms with Crippen LogP contribution >= 0.6 is 0 Å². The van der Waals surface area contributed by atoms with Gasteiger partial charge in [0.2, 0.25) is 11.8 Å². The molecule has 0 aliphatic heterocycles. The van der Waals surface area contributed by atoms with Crippen LogP contribution in [0.5, 0.6) is 0 Å². The first-order valence-corrected chi connectivity index (χ1v) is 9.06. The Morgan fingerprint density at radius 3 is 2.04 bits per heavy atom. The Bertz CT molecular complexity index is 415. The third-order valence-electron chi connectivity index (χ3n) is 4.71. The number of hydrogen-bond donors (Lipinski definition) is 4. The van der Waals surface area contributed by atoms with E-state index in [9.17, 15) is 19.8 Å². The summed E-state index contributed by atoms with van der Waals surface area (Å²) in [4.78, 5) is 26.5. The van der Waals surface area contributed by atoms with Crippen molar-refractivity contribution in [2.75, 3.05) is 27.2 Å². The van der Waals surface area contributed by atoms with E-state index in [1.54, 1.807) is 13.8 Å². The molecule has 2 amide bonds. The molecule has 0 fully saturated rings. The van der Waals surface area contributed by atoms with Gasteiger partial charge in [-0.25, -0.2) is 0 Å². The molecular formula is C18H37N3O4. The minimum atomic E-state index is -1.02. The predicted octanol–water partition coefficient (Wildman–Crippen LogP) is 0.209. The van der Waals surface area contributed by atoms with Crippen LogP contribution in [-0.4, -0.2) is 72.4 Å². The molecule has 0 rings (SSSR count). The van der Waals surface area contributed by atoms with E-state index in [0.29, 0.717) is 0 Å². The van der Waals surface area contributed by atoms with Crippen LogP contribution in [-0.2, 0) is 9.59 Å². The molecule has 7 nitrogen and oxygen atoms in total. The Kier molecular flexibility index (Phi) is 10.9. The molecule has 6 atom stereocenters. The van der Waals surface area contributed by atoms with E-state index in [-0.39, 0.29) is 30.2 Å². The number of nitrogens with zero attached hydrogens (tertiary/aromatic N) is 1. The standard InChI is InChI=1S/C18H37N3O4/c1-11(8-9-21(6)7)13(3)18(25)19-10-12(2)17(24)20-14(4)16(23)15(5)22/h11-16,22-23H,8-10H2,1-7H3,(H,19,25)(H,20,24). The van der Waals surface area contributed by atoms with Crippen molar-refractivity contribution in [3.63, 3.8) is 0 Å². The first-order chi connectivity index (χ1) is 11.5. The fourth-order valence-corrected chi connectivity index (χ4v) is 2.35. The van der Waals surface area contributed by atoms with Gasteiger partial charge in [0, 0.05) is 12.5 Å². The zero-order valence-corrected chi connectivity index (χ0v) is 16.7. The maximum Gasteiger partial charge on any atom is 0.224 e. The van der Waals surface area contributed by atoms with E-state index in [1.165, 1.54) is 6.92 Å². The highest BCUT2D eigenvalue weighted by atomic mass is 16.3. The molecule has 0 aliphatic rings. The second-order valence-corrected chi connectivity index (χ2v) is 7.53. The van der Waals surface area contributed by atoms with Gasteiger partial charge in [-0.15, -0.1) is 0 Å². The monoisotopic (exact) mass is 359 g/mol. The average Bonchev–Trinajstić information content (AvgIpc) is 2.54. The molecule has 0 saturated heterocycles. The molecule has 25 heavy (non-hydrogen) atoms. The quantitative estimate of drug-likeness (QED) is 0.422. The van der Waals surface area contributed by atoms with Gasteiger partial charge < -0.3 is 25.7 Å². The smallest absolute Gasteiger partial charge is 0.224 e. The molecule has 0 heterocycles. The zero-order valence-electron chi connectivity index (χ0n) is 16.7. The fraction of sp³-hybridized carbons (Fsp3) is 0.889. The summed E-state index contributed by atoms with van der Waals surface area (Å²) in [5, 5.41) is 24.6. The van der Waals surface area contributed by atoms with Gasteiger partial charge in [-0.2, -0.15) is 0 Å². The topological polar surface area (TPSA) is 102 Å². The molecule has 7 heteroatoms. The number of aliphatic hydroxyl groups excluding tert-OH is 2. The third-order valence-corrected chi connectivity index (χ3v) is 4.71. The maximum absolute atomic E-state index is 12.2. The number of rotatable bonds is 11. The lowest BCUT2D eigenvalue weighted by Gasteiger charge is -2.25. The van der Waals surface area contributed by atoms with Gasteiger partial charge >= 0.3 is 0 Å². The largest absolute Gasteiger partial charge is 0.391 e. The summed E-state index contributed by atoms with van der Waals surface area (Å²) in [7, 11) is 4.01. The van der Waals surface area contributed by atoms with Gasteiger partial charge in [0.05, 0.1) is 24.2 Å². The van der Waals surface area contributed by atoms with Crippen molar-refractivity contribution in [2.24, 2.45) is 17.8 Å². The first-order valence-electron chi connectivity index (χ1n) is 9.06. The normalized spacial score (nSPS) is 18.8. The van der Waals surface area contributed by atoms with Crippen LogP contribution in [0.2, 0.25) is 0 Å². The first kappa shape index (κ1) is 23.8. The number of carbonyl (C=O) groups is 2. The van der Waals surface area contributed by atoms with E-state index in [4.69, 9.17) is 0 Å². The molecule has 0 aliphatic carbocycles. The van der Waals surface area contributed by atoms with Crippen molar-refractivity contribution in [3.05, 3.63) is 0 Å². The lowest BCUT2D eigenvalue weighted by molar-refractivity contribution is -0.128. The molecule has 6 unspecified atom stereocenters. The van der Waals surface area contributed by atoms with Crippen molar-refractivity contribution >= 4 is 11.8 Å². The van der Waals surface area contributed by atoms with Crippen LogP contribution in [0.1, 0.15) is 41.0 Å². The minimum Gasteiger partial charge on any atom is -0.391 e. The van der Waals surface area contributed by atoms with Gasteiger partial charge in [0.1, 0.15) is 0 Å². The summed E-state index contributed by atoms with van der Waals surface area (Å²) in [6, 6.07) is -0.560. The zero-order chi connectivity index (χ0) is 19.7. The average molecular weight is 360 g/mol. The van der Waals surface area contributed by atoms with Crippen molar-refractivity contribution in [1.82, 2.24) is 15.5 Å². The lowest BCUT2D eigenvalue weighted by atomic mass is 9.92. The molecule has 0 spiro atoms. The van der Waals surface area contributed by atoms with E-state index in [1.807, 2.05) is 21.0 Å². The molecule has 0 radical (unpaired) electrons. The van der Waals surface area contributed by atoms with Crippen molar-refractivity contribution in [3.8, 4) is 0 Å². The summed E-state index contributed by atoms with van der Waals surface area (Å²) in [6.07, 6.45) is -1.01. The van der Waals surface area contributed by atoms with Crippen LogP contribution < -0.4 is 10.6 Å².